The summed E-state index contributed by atoms with van der Waals surface area (Å²) in [4.78, 5) is 11.0. The van der Waals surface area contributed by atoms with Crippen LogP contribution in [0.25, 0.3) is 0 Å². The van der Waals surface area contributed by atoms with Crippen LogP contribution in [0.4, 0.5) is 0 Å². The Kier molecular flexibility index (Phi) is 4.17. The van der Waals surface area contributed by atoms with Crippen LogP contribution in [0.1, 0.15) is 24.8 Å². The SMILES string of the molecule is CNC(=O)[CH]CC(C)c1ccccc1. The van der Waals surface area contributed by atoms with Gasteiger partial charge in [0.15, 0.2) is 0 Å². The molecular weight excluding hydrogens is 174 g/mol. The Hall–Kier alpha value is -1.31. The van der Waals surface area contributed by atoms with Crippen molar-refractivity contribution in [3.63, 3.8) is 0 Å². The summed E-state index contributed by atoms with van der Waals surface area (Å²) in [5.74, 6) is 0.390. The Balaban J connectivity index is 2.43. The highest BCUT2D eigenvalue weighted by Gasteiger charge is 2.07. The second kappa shape index (κ2) is 5.43. The molecule has 1 aromatic carbocycles. The number of rotatable bonds is 4. The molecule has 1 unspecified atom stereocenters. The van der Waals surface area contributed by atoms with Gasteiger partial charge in [0.05, 0.1) is 6.42 Å². The summed E-state index contributed by atoms with van der Waals surface area (Å²) in [5.41, 5.74) is 1.27. The average molecular weight is 190 g/mol. The van der Waals surface area contributed by atoms with Crippen LogP contribution in [0.5, 0.6) is 0 Å². The van der Waals surface area contributed by atoms with Gasteiger partial charge in [-0.25, -0.2) is 0 Å². The Morgan fingerprint density at radius 2 is 2.07 bits per heavy atom. The summed E-state index contributed by atoms with van der Waals surface area (Å²) in [7, 11) is 1.64. The summed E-state index contributed by atoms with van der Waals surface area (Å²) in [5, 5.41) is 2.58. The van der Waals surface area contributed by atoms with Gasteiger partial charge in [-0.15, -0.1) is 0 Å². The minimum absolute atomic E-state index is 0.00668. The lowest BCUT2D eigenvalue weighted by atomic mass is 9.96. The van der Waals surface area contributed by atoms with E-state index in [0.717, 1.165) is 6.42 Å². The van der Waals surface area contributed by atoms with Gasteiger partial charge in [-0.1, -0.05) is 37.3 Å². The van der Waals surface area contributed by atoms with Crippen LogP contribution in [0.2, 0.25) is 0 Å². The van der Waals surface area contributed by atoms with E-state index in [-0.39, 0.29) is 5.91 Å². The predicted octanol–water partition coefficient (Wildman–Crippen LogP) is 2.13. The molecule has 0 heterocycles. The van der Waals surface area contributed by atoms with Crippen molar-refractivity contribution in [1.29, 1.82) is 0 Å². The zero-order valence-electron chi connectivity index (χ0n) is 8.66. The molecule has 0 saturated heterocycles. The van der Waals surface area contributed by atoms with Gasteiger partial charge in [0.2, 0.25) is 5.91 Å². The first-order valence-corrected chi connectivity index (χ1v) is 4.84. The highest BCUT2D eigenvalue weighted by Crippen LogP contribution is 2.19. The van der Waals surface area contributed by atoms with Crippen LogP contribution in [-0.4, -0.2) is 13.0 Å². The lowest BCUT2D eigenvalue weighted by Gasteiger charge is -2.10. The molecule has 1 atom stereocenters. The van der Waals surface area contributed by atoms with Crippen molar-refractivity contribution in [2.45, 2.75) is 19.3 Å². The van der Waals surface area contributed by atoms with Crippen LogP contribution >= 0.6 is 0 Å². The van der Waals surface area contributed by atoms with Crippen LogP contribution < -0.4 is 5.32 Å². The first-order valence-electron chi connectivity index (χ1n) is 4.84. The van der Waals surface area contributed by atoms with Gasteiger partial charge in [-0.3, -0.25) is 4.79 Å². The summed E-state index contributed by atoms with van der Waals surface area (Å²) in [6.45, 7) is 2.12. The van der Waals surface area contributed by atoms with E-state index in [1.807, 2.05) is 18.2 Å². The third-order valence-electron chi connectivity index (χ3n) is 2.27. The third-order valence-corrected chi connectivity index (χ3v) is 2.27. The number of amides is 1. The normalized spacial score (nSPS) is 12.1. The van der Waals surface area contributed by atoms with Gasteiger partial charge in [0.25, 0.3) is 0 Å². The zero-order chi connectivity index (χ0) is 10.4. The molecule has 0 aliphatic carbocycles. The molecule has 0 fully saturated rings. The molecule has 0 spiro atoms. The average Bonchev–Trinajstić information content (AvgIpc) is 2.26. The fourth-order valence-electron chi connectivity index (χ4n) is 1.30. The summed E-state index contributed by atoms with van der Waals surface area (Å²) >= 11 is 0. The molecule has 2 heteroatoms. The number of hydrogen-bond acceptors (Lipinski definition) is 1. The molecule has 75 valence electrons. The lowest BCUT2D eigenvalue weighted by Crippen LogP contribution is -2.18. The Morgan fingerprint density at radius 3 is 2.64 bits per heavy atom. The van der Waals surface area contributed by atoms with Crippen LogP contribution in [-0.2, 0) is 4.79 Å². The number of nitrogens with one attached hydrogen (secondary N) is 1. The largest absolute Gasteiger partial charge is 0.359 e. The van der Waals surface area contributed by atoms with E-state index in [4.69, 9.17) is 0 Å². The van der Waals surface area contributed by atoms with Crippen molar-refractivity contribution in [3.8, 4) is 0 Å². The zero-order valence-corrected chi connectivity index (χ0v) is 8.66. The molecule has 1 N–H and O–H groups in total. The molecule has 1 rings (SSSR count). The van der Waals surface area contributed by atoms with E-state index in [1.54, 1.807) is 13.5 Å². The minimum atomic E-state index is -0.00668. The minimum Gasteiger partial charge on any atom is -0.359 e. The van der Waals surface area contributed by atoms with Crippen molar-refractivity contribution in [3.05, 3.63) is 42.3 Å². The van der Waals surface area contributed by atoms with Gasteiger partial charge in [0, 0.05) is 7.05 Å². The van der Waals surface area contributed by atoms with Crippen LogP contribution in [0, 0.1) is 6.42 Å². The molecule has 1 aromatic rings. The molecule has 1 amide bonds. The van der Waals surface area contributed by atoms with Crippen molar-refractivity contribution in [2.75, 3.05) is 7.05 Å². The fraction of sp³-hybridized carbons (Fsp3) is 0.333. The molecule has 0 saturated carbocycles. The topological polar surface area (TPSA) is 29.1 Å². The second-order valence-corrected chi connectivity index (χ2v) is 3.37. The van der Waals surface area contributed by atoms with Gasteiger partial charge in [-0.2, -0.15) is 0 Å². The first kappa shape index (κ1) is 10.8. The summed E-state index contributed by atoms with van der Waals surface area (Å²) in [6, 6.07) is 10.2. The highest BCUT2D eigenvalue weighted by atomic mass is 16.1. The molecule has 2 nitrogen and oxygen atoms in total. The third kappa shape index (κ3) is 3.21. The van der Waals surface area contributed by atoms with Crippen LogP contribution in [0.3, 0.4) is 0 Å². The Bertz CT molecular complexity index is 282. The van der Waals surface area contributed by atoms with E-state index in [2.05, 4.69) is 24.4 Å². The standard InChI is InChI=1S/C12H16NO/c1-10(8-9-12(14)13-2)11-6-4-3-5-7-11/h3-7,9-10H,8H2,1-2H3,(H,13,14). The first-order chi connectivity index (χ1) is 6.74. The smallest absolute Gasteiger partial charge is 0.223 e. The number of hydrogen-bond donors (Lipinski definition) is 1. The number of carbonyl (C=O) groups excluding carboxylic acids is 1. The Labute approximate surface area is 85.3 Å². The fourth-order valence-corrected chi connectivity index (χ4v) is 1.30. The molecule has 0 bridgehead atoms. The van der Waals surface area contributed by atoms with Gasteiger partial charge in [-0.05, 0) is 17.9 Å². The highest BCUT2D eigenvalue weighted by molar-refractivity contribution is 5.84. The monoisotopic (exact) mass is 190 g/mol. The van der Waals surface area contributed by atoms with Gasteiger partial charge < -0.3 is 5.32 Å². The van der Waals surface area contributed by atoms with E-state index in [0.29, 0.717) is 5.92 Å². The quantitative estimate of drug-likeness (QED) is 0.774. The Morgan fingerprint density at radius 1 is 1.43 bits per heavy atom. The van der Waals surface area contributed by atoms with E-state index < -0.39 is 0 Å². The van der Waals surface area contributed by atoms with E-state index in [1.165, 1.54) is 5.56 Å². The maximum atomic E-state index is 11.0. The summed E-state index contributed by atoms with van der Waals surface area (Å²) in [6.07, 6.45) is 2.47. The van der Waals surface area contributed by atoms with Crippen molar-refractivity contribution in [1.82, 2.24) is 5.32 Å². The number of carbonyl (C=O) groups is 1. The lowest BCUT2D eigenvalue weighted by molar-refractivity contribution is -0.117. The molecular formula is C12H16NO. The molecule has 0 aromatic heterocycles. The van der Waals surface area contributed by atoms with Gasteiger partial charge in [0.1, 0.15) is 0 Å². The maximum absolute atomic E-state index is 11.0. The van der Waals surface area contributed by atoms with Crippen molar-refractivity contribution in [2.24, 2.45) is 0 Å². The van der Waals surface area contributed by atoms with E-state index >= 15 is 0 Å². The van der Waals surface area contributed by atoms with E-state index in [9.17, 15) is 4.79 Å². The molecule has 0 aliphatic heterocycles. The molecule has 14 heavy (non-hydrogen) atoms. The van der Waals surface area contributed by atoms with Crippen molar-refractivity contribution >= 4 is 5.91 Å². The second-order valence-electron chi connectivity index (χ2n) is 3.37. The number of benzene rings is 1. The maximum Gasteiger partial charge on any atom is 0.223 e. The predicted molar refractivity (Wildman–Crippen MR) is 57.8 cm³/mol. The van der Waals surface area contributed by atoms with Gasteiger partial charge >= 0.3 is 0 Å². The molecule has 1 radical (unpaired) electrons. The summed E-state index contributed by atoms with van der Waals surface area (Å²) < 4.78 is 0. The molecule has 0 aliphatic rings. The van der Waals surface area contributed by atoms with Crippen LogP contribution in [0.15, 0.2) is 30.3 Å². The van der Waals surface area contributed by atoms with Crippen molar-refractivity contribution < 1.29 is 4.79 Å².